The standard InChI is InChI=1S/C15H21N3O2/c1-20-10-11-5-8-18(9-6-11)15(19)13-4-7-16-14(17-13)12-2-3-12/h4,7,11-12H,2-3,5-6,8-10H2,1H3. The summed E-state index contributed by atoms with van der Waals surface area (Å²) in [6, 6.07) is 1.73. The van der Waals surface area contributed by atoms with Crippen LogP contribution < -0.4 is 0 Å². The van der Waals surface area contributed by atoms with Gasteiger partial charge in [0.25, 0.3) is 5.91 Å². The quantitative estimate of drug-likeness (QED) is 0.841. The first-order valence-corrected chi connectivity index (χ1v) is 7.39. The van der Waals surface area contributed by atoms with Crippen LogP contribution in [-0.2, 0) is 4.74 Å². The van der Waals surface area contributed by atoms with Crippen molar-refractivity contribution in [3.8, 4) is 0 Å². The Kier molecular flexibility index (Phi) is 3.96. The summed E-state index contributed by atoms with van der Waals surface area (Å²) >= 11 is 0. The summed E-state index contributed by atoms with van der Waals surface area (Å²) < 4.78 is 5.19. The molecule has 0 unspecified atom stereocenters. The molecular weight excluding hydrogens is 254 g/mol. The van der Waals surface area contributed by atoms with Gasteiger partial charge in [-0.1, -0.05) is 0 Å². The second kappa shape index (κ2) is 5.87. The molecule has 1 aromatic heterocycles. The van der Waals surface area contributed by atoms with Gasteiger partial charge in [-0.15, -0.1) is 0 Å². The molecule has 5 heteroatoms. The Morgan fingerprint density at radius 2 is 2.10 bits per heavy atom. The van der Waals surface area contributed by atoms with Gasteiger partial charge in [0.15, 0.2) is 0 Å². The van der Waals surface area contributed by atoms with E-state index in [9.17, 15) is 4.79 Å². The van der Waals surface area contributed by atoms with Gasteiger partial charge in [0.2, 0.25) is 0 Å². The van der Waals surface area contributed by atoms with Crippen molar-refractivity contribution >= 4 is 5.91 Å². The molecule has 0 spiro atoms. The summed E-state index contributed by atoms with van der Waals surface area (Å²) in [5.74, 6) is 1.95. The number of piperidine rings is 1. The van der Waals surface area contributed by atoms with Crippen LogP contribution in [0.4, 0.5) is 0 Å². The maximum Gasteiger partial charge on any atom is 0.272 e. The fourth-order valence-corrected chi connectivity index (χ4v) is 2.73. The van der Waals surface area contributed by atoms with E-state index in [4.69, 9.17) is 4.74 Å². The lowest BCUT2D eigenvalue weighted by Gasteiger charge is -2.31. The lowest BCUT2D eigenvalue weighted by atomic mass is 9.97. The van der Waals surface area contributed by atoms with Crippen LogP contribution in [0.15, 0.2) is 12.3 Å². The molecule has 2 aliphatic rings. The highest BCUT2D eigenvalue weighted by atomic mass is 16.5. The van der Waals surface area contributed by atoms with Crippen LogP contribution in [-0.4, -0.2) is 47.6 Å². The molecule has 1 aliphatic carbocycles. The summed E-state index contributed by atoms with van der Waals surface area (Å²) in [7, 11) is 1.73. The first kappa shape index (κ1) is 13.5. The van der Waals surface area contributed by atoms with Crippen molar-refractivity contribution in [3.63, 3.8) is 0 Å². The second-order valence-electron chi connectivity index (χ2n) is 5.77. The van der Waals surface area contributed by atoms with E-state index >= 15 is 0 Å². The highest BCUT2D eigenvalue weighted by Crippen LogP contribution is 2.37. The molecule has 1 saturated carbocycles. The van der Waals surface area contributed by atoms with Crippen molar-refractivity contribution in [1.82, 2.24) is 14.9 Å². The molecule has 1 amide bonds. The zero-order chi connectivity index (χ0) is 13.9. The van der Waals surface area contributed by atoms with Crippen LogP contribution in [0.1, 0.15) is 47.9 Å². The maximum atomic E-state index is 12.5. The summed E-state index contributed by atoms with van der Waals surface area (Å²) in [6.45, 7) is 2.40. The minimum Gasteiger partial charge on any atom is -0.384 e. The molecule has 0 aromatic carbocycles. The van der Waals surface area contributed by atoms with Crippen LogP contribution >= 0.6 is 0 Å². The first-order chi connectivity index (χ1) is 9.78. The Balaban J connectivity index is 1.62. The molecule has 1 aromatic rings. The van der Waals surface area contributed by atoms with Gasteiger partial charge in [0, 0.05) is 38.9 Å². The molecule has 1 saturated heterocycles. The molecule has 1 aliphatic heterocycles. The normalized spacial score (nSPS) is 20.1. The first-order valence-electron chi connectivity index (χ1n) is 7.39. The van der Waals surface area contributed by atoms with Crippen molar-refractivity contribution in [1.29, 1.82) is 0 Å². The monoisotopic (exact) mass is 275 g/mol. The highest BCUT2D eigenvalue weighted by Gasteiger charge is 2.28. The molecule has 0 atom stereocenters. The minimum absolute atomic E-state index is 0.0465. The van der Waals surface area contributed by atoms with Crippen LogP contribution in [0.3, 0.4) is 0 Å². The average Bonchev–Trinajstić information content (AvgIpc) is 3.33. The van der Waals surface area contributed by atoms with E-state index in [1.165, 1.54) is 0 Å². The Morgan fingerprint density at radius 1 is 1.35 bits per heavy atom. The van der Waals surface area contributed by atoms with E-state index in [1.54, 1.807) is 19.4 Å². The molecule has 5 nitrogen and oxygen atoms in total. The number of nitrogens with zero attached hydrogens (tertiary/aromatic N) is 3. The topological polar surface area (TPSA) is 55.3 Å². The fraction of sp³-hybridized carbons (Fsp3) is 0.667. The Morgan fingerprint density at radius 3 is 2.75 bits per heavy atom. The number of methoxy groups -OCH3 is 1. The van der Waals surface area contributed by atoms with Crippen molar-refractivity contribution in [2.45, 2.75) is 31.6 Å². The van der Waals surface area contributed by atoms with Crippen LogP contribution in [0.5, 0.6) is 0 Å². The van der Waals surface area contributed by atoms with Gasteiger partial charge in [-0.25, -0.2) is 9.97 Å². The number of amides is 1. The fourth-order valence-electron chi connectivity index (χ4n) is 2.73. The molecular formula is C15H21N3O2. The summed E-state index contributed by atoms with van der Waals surface area (Å²) in [6.07, 6.45) is 6.05. The van der Waals surface area contributed by atoms with Gasteiger partial charge in [-0.3, -0.25) is 4.79 Å². The van der Waals surface area contributed by atoms with Crippen LogP contribution in [0, 0.1) is 5.92 Å². The Hall–Kier alpha value is -1.49. The summed E-state index contributed by atoms with van der Waals surface area (Å²) in [5.41, 5.74) is 0.548. The van der Waals surface area contributed by atoms with Crippen molar-refractivity contribution in [2.24, 2.45) is 5.92 Å². The highest BCUT2D eigenvalue weighted by molar-refractivity contribution is 5.92. The smallest absolute Gasteiger partial charge is 0.272 e. The second-order valence-corrected chi connectivity index (χ2v) is 5.77. The molecule has 20 heavy (non-hydrogen) atoms. The molecule has 2 heterocycles. The van der Waals surface area contributed by atoms with E-state index < -0.39 is 0 Å². The Bertz CT molecular complexity index is 480. The van der Waals surface area contributed by atoms with Crippen LogP contribution in [0.25, 0.3) is 0 Å². The van der Waals surface area contributed by atoms with E-state index in [2.05, 4.69) is 9.97 Å². The third-order valence-electron chi connectivity index (χ3n) is 4.14. The number of aromatic nitrogens is 2. The van der Waals surface area contributed by atoms with Gasteiger partial charge >= 0.3 is 0 Å². The largest absolute Gasteiger partial charge is 0.384 e. The van der Waals surface area contributed by atoms with Gasteiger partial charge in [0.05, 0.1) is 0 Å². The zero-order valence-electron chi connectivity index (χ0n) is 11.9. The molecule has 2 fully saturated rings. The molecule has 3 rings (SSSR count). The number of hydrogen-bond acceptors (Lipinski definition) is 4. The predicted molar refractivity (Wildman–Crippen MR) is 74.5 cm³/mol. The van der Waals surface area contributed by atoms with Crippen molar-refractivity contribution < 1.29 is 9.53 Å². The van der Waals surface area contributed by atoms with Crippen molar-refractivity contribution in [3.05, 3.63) is 23.8 Å². The average molecular weight is 275 g/mol. The van der Waals surface area contributed by atoms with Crippen molar-refractivity contribution in [2.75, 3.05) is 26.8 Å². The minimum atomic E-state index is 0.0465. The molecule has 108 valence electrons. The zero-order valence-corrected chi connectivity index (χ0v) is 11.9. The molecule has 0 bridgehead atoms. The maximum absolute atomic E-state index is 12.5. The third-order valence-corrected chi connectivity index (χ3v) is 4.14. The van der Waals surface area contributed by atoms with Crippen LogP contribution in [0.2, 0.25) is 0 Å². The van der Waals surface area contributed by atoms with Gasteiger partial charge in [-0.2, -0.15) is 0 Å². The summed E-state index contributed by atoms with van der Waals surface area (Å²) in [4.78, 5) is 23.1. The number of rotatable bonds is 4. The number of carbonyl (C=O) groups is 1. The summed E-state index contributed by atoms with van der Waals surface area (Å²) in [5, 5.41) is 0. The van der Waals surface area contributed by atoms with Gasteiger partial charge < -0.3 is 9.64 Å². The SMILES string of the molecule is COCC1CCN(C(=O)c2ccnc(C3CC3)n2)CC1. The molecule has 0 radical (unpaired) electrons. The lowest BCUT2D eigenvalue weighted by Crippen LogP contribution is -2.39. The number of ether oxygens (including phenoxy) is 1. The van der Waals surface area contributed by atoms with Gasteiger partial charge in [0.1, 0.15) is 11.5 Å². The van der Waals surface area contributed by atoms with E-state index in [1.807, 2.05) is 4.90 Å². The third kappa shape index (κ3) is 2.98. The number of likely N-dealkylation sites (tertiary alicyclic amines) is 1. The van der Waals surface area contributed by atoms with Gasteiger partial charge in [-0.05, 0) is 37.7 Å². The number of hydrogen-bond donors (Lipinski definition) is 0. The Labute approximate surface area is 119 Å². The number of carbonyl (C=O) groups excluding carboxylic acids is 1. The van der Waals surface area contributed by atoms with E-state index in [-0.39, 0.29) is 5.91 Å². The predicted octanol–water partition coefficient (Wildman–Crippen LogP) is 1.85. The van der Waals surface area contributed by atoms with E-state index in [0.717, 1.165) is 51.2 Å². The van der Waals surface area contributed by atoms with E-state index in [0.29, 0.717) is 17.5 Å². The lowest BCUT2D eigenvalue weighted by molar-refractivity contribution is 0.0608. The molecule has 0 N–H and O–H groups in total.